The molecule has 22 heavy (non-hydrogen) atoms. The van der Waals surface area contributed by atoms with Crippen molar-refractivity contribution in [1.29, 1.82) is 0 Å². The first kappa shape index (κ1) is 14.2. The molecule has 3 rings (SSSR count). The molecule has 0 radical (unpaired) electrons. The van der Waals surface area contributed by atoms with Crippen LogP contribution in [0.2, 0.25) is 0 Å². The Bertz CT molecular complexity index is 775. The third kappa shape index (κ3) is 2.98. The first-order chi connectivity index (χ1) is 10.8. The summed E-state index contributed by atoms with van der Waals surface area (Å²) in [6.07, 6.45) is 7.21. The number of H-pyrrole nitrogens is 1. The molecule has 0 unspecified atom stereocenters. The fourth-order valence-corrected chi connectivity index (χ4v) is 2.35. The van der Waals surface area contributed by atoms with Gasteiger partial charge in [-0.25, -0.2) is 9.97 Å². The molecule has 0 aromatic carbocycles. The number of rotatable bonds is 6. The first-order valence-electron chi connectivity index (χ1n) is 7.36. The molecule has 3 heterocycles. The fourth-order valence-electron chi connectivity index (χ4n) is 2.35. The number of carbonyl (C=O) groups excluding carboxylic acids is 1. The number of carbonyl (C=O) groups is 1. The average molecular weight is 298 g/mol. The minimum absolute atomic E-state index is 0.169. The molecule has 7 nitrogen and oxygen atoms in total. The highest BCUT2D eigenvalue weighted by molar-refractivity contribution is 5.94. The van der Waals surface area contributed by atoms with Crippen LogP contribution in [0.1, 0.15) is 29.7 Å². The number of aryl methyl sites for hydroxylation is 2. The van der Waals surface area contributed by atoms with Crippen molar-refractivity contribution in [3.05, 3.63) is 42.2 Å². The van der Waals surface area contributed by atoms with Crippen LogP contribution in [0.25, 0.3) is 11.0 Å². The molecule has 3 aromatic heterocycles. The smallest absolute Gasteiger partial charge is 0.269 e. The van der Waals surface area contributed by atoms with Crippen molar-refractivity contribution < 1.29 is 4.79 Å². The Hall–Kier alpha value is -2.70. The van der Waals surface area contributed by atoms with Crippen LogP contribution in [0.15, 0.2) is 30.7 Å². The summed E-state index contributed by atoms with van der Waals surface area (Å²) >= 11 is 0. The lowest BCUT2D eigenvalue weighted by Gasteiger charge is -2.07. The maximum atomic E-state index is 12.1. The minimum Gasteiger partial charge on any atom is -0.351 e. The van der Waals surface area contributed by atoms with Gasteiger partial charge in [-0.05, 0) is 18.6 Å². The van der Waals surface area contributed by atoms with Crippen molar-refractivity contribution in [2.75, 3.05) is 6.54 Å². The second kappa shape index (κ2) is 6.38. The van der Waals surface area contributed by atoms with Gasteiger partial charge in [-0.1, -0.05) is 6.92 Å². The van der Waals surface area contributed by atoms with E-state index in [-0.39, 0.29) is 5.91 Å². The van der Waals surface area contributed by atoms with Crippen LogP contribution in [-0.4, -0.2) is 37.2 Å². The van der Waals surface area contributed by atoms with Crippen LogP contribution in [-0.2, 0) is 13.0 Å². The number of fused-ring (bicyclic) bond motifs is 1. The molecule has 0 fully saturated rings. The Kier molecular flexibility index (Phi) is 4.13. The van der Waals surface area contributed by atoms with E-state index in [4.69, 9.17) is 0 Å². The van der Waals surface area contributed by atoms with Crippen molar-refractivity contribution in [3.63, 3.8) is 0 Å². The van der Waals surface area contributed by atoms with E-state index in [0.717, 1.165) is 30.6 Å². The molecule has 0 bridgehead atoms. The highest BCUT2D eigenvalue weighted by atomic mass is 16.1. The van der Waals surface area contributed by atoms with Gasteiger partial charge in [-0.3, -0.25) is 9.89 Å². The number of amides is 1. The monoisotopic (exact) mass is 298 g/mol. The third-order valence-corrected chi connectivity index (χ3v) is 3.51. The van der Waals surface area contributed by atoms with Crippen LogP contribution in [0, 0.1) is 0 Å². The first-order valence-corrected chi connectivity index (χ1v) is 7.36. The van der Waals surface area contributed by atoms with E-state index < -0.39 is 0 Å². The molecule has 0 saturated carbocycles. The van der Waals surface area contributed by atoms with E-state index in [9.17, 15) is 4.79 Å². The summed E-state index contributed by atoms with van der Waals surface area (Å²) in [7, 11) is 0. The Balaban J connectivity index is 1.51. The van der Waals surface area contributed by atoms with Gasteiger partial charge >= 0.3 is 0 Å². The number of aromatic amines is 1. The number of pyridine rings is 1. The standard InChI is InChI=1S/C15H18N6O/c1-2-13-16-7-9-21(13)8-3-6-17-15(22)12-5-4-11-10-18-20-14(11)19-12/h4-5,7,9-10H,2-3,6,8H2,1H3,(H,17,22)(H,18,19,20). The van der Waals surface area contributed by atoms with Gasteiger partial charge in [-0.15, -0.1) is 0 Å². The zero-order valence-corrected chi connectivity index (χ0v) is 12.4. The molecule has 1 amide bonds. The van der Waals surface area contributed by atoms with E-state index in [1.807, 2.05) is 12.3 Å². The topological polar surface area (TPSA) is 88.5 Å². The second-order valence-electron chi connectivity index (χ2n) is 5.00. The fraction of sp³-hybridized carbons (Fsp3) is 0.333. The number of nitrogens with one attached hydrogen (secondary N) is 2. The zero-order valence-electron chi connectivity index (χ0n) is 12.4. The maximum Gasteiger partial charge on any atom is 0.269 e. The van der Waals surface area contributed by atoms with Crippen molar-refractivity contribution in [3.8, 4) is 0 Å². The van der Waals surface area contributed by atoms with E-state index in [1.165, 1.54) is 0 Å². The lowest BCUT2D eigenvalue weighted by atomic mass is 10.3. The van der Waals surface area contributed by atoms with E-state index in [1.54, 1.807) is 18.5 Å². The minimum atomic E-state index is -0.169. The molecule has 0 aliphatic heterocycles. The van der Waals surface area contributed by atoms with Crippen molar-refractivity contribution >= 4 is 16.9 Å². The predicted molar refractivity (Wildman–Crippen MR) is 82.4 cm³/mol. The number of hydrogen-bond donors (Lipinski definition) is 2. The molecular formula is C15H18N6O. The summed E-state index contributed by atoms with van der Waals surface area (Å²) in [5, 5.41) is 10.4. The molecule has 114 valence electrons. The summed E-state index contributed by atoms with van der Waals surface area (Å²) in [5.74, 6) is 0.899. The molecule has 0 saturated heterocycles. The van der Waals surface area contributed by atoms with E-state index >= 15 is 0 Å². The Morgan fingerprint density at radius 2 is 2.32 bits per heavy atom. The summed E-state index contributed by atoms with van der Waals surface area (Å²) in [5.41, 5.74) is 1.02. The zero-order chi connectivity index (χ0) is 15.4. The van der Waals surface area contributed by atoms with Gasteiger partial charge in [0.05, 0.1) is 6.20 Å². The van der Waals surface area contributed by atoms with Gasteiger partial charge in [0, 0.05) is 37.3 Å². The molecule has 0 atom stereocenters. The van der Waals surface area contributed by atoms with Crippen LogP contribution >= 0.6 is 0 Å². The van der Waals surface area contributed by atoms with Crippen molar-refractivity contribution in [2.24, 2.45) is 0 Å². The van der Waals surface area contributed by atoms with Gasteiger partial charge in [-0.2, -0.15) is 5.10 Å². The lowest BCUT2D eigenvalue weighted by molar-refractivity contribution is 0.0948. The highest BCUT2D eigenvalue weighted by Gasteiger charge is 2.08. The number of hydrogen-bond acceptors (Lipinski definition) is 4. The summed E-state index contributed by atoms with van der Waals surface area (Å²) in [4.78, 5) is 20.6. The average Bonchev–Trinajstić information content (AvgIpc) is 3.18. The van der Waals surface area contributed by atoms with Crippen LogP contribution in [0.5, 0.6) is 0 Å². The summed E-state index contributed by atoms with van der Waals surface area (Å²) in [6.45, 7) is 3.53. The SMILES string of the molecule is CCc1nccn1CCCNC(=O)c1ccc2cn[nH]c2n1. The van der Waals surface area contributed by atoms with Gasteiger partial charge in [0.25, 0.3) is 5.91 Å². The molecule has 7 heteroatoms. The van der Waals surface area contributed by atoms with Crippen molar-refractivity contribution in [1.82, 2.24) is 30.0 Å². The summed E-state index contributed by atoms with van der Waals surface area (Å²) < 4.78 is 2.11. The quantitative estimate of drug-likeness (QED) is 0.676. The number of imidazole rings is 1. The normalized spacial score (nSPS) is 11.0. The van der Waals surface area contributed by atoms with E-state index in [2.05, 4.69) is 37.0 Å². The Labute approximate surface area is 127 Å². The molecule has 0 aliphatic carbocycles. The van der Waals surface area contributed by atoms with Crippen molar-refractivity contribution in [2.45, 2.75) is 26.3 Å². The predicted octanol–water partition coefficient (Wildman–Crippen LogP) is 1.54. The van der Waals surface area contributed by atoms with Crippen LogP contribution < -0.4 is 5.32 Å². The largest absolute Gasteiger partial charge is 0.351 e. The number of aromatic nitrogens is 5. The third-order valence-electron chi connectivity index (χ3n) is 3.51. The molecule has 0 aliphatic rings. The van der Waals surface area contributed by atoms with Gasteiger partial charge in [0.2, 0.25) is 0 Å². The van der Waals surface area contributed by atoms with Crippen LogP contribution in [0.4, 0.5) is 0 Å². The maximum absolute atomic E-state index is 12.1. The van der Waals surface area contributed by atoms with Gasteiger partial charge in [0.15, 0.2) is 5.65 Å². The number of nitrogens with zero attached hydrogens (tertiary/aromatic N) is 4. The second-order valence-corrected chi connectivity index (χ2v) is 5.00. The van der Waals surface area contributed by atoms with Gasteiger partial charge < -0.3 is 9.88 Å². The van der Waals surface area contributed by atoms with E-state index in [0.29, 0.717) is 17.9 Å². The Morgan fingerprint density at radius 1 is 1.41 bits per heavy atom. The molecular weight excluding hydrogens is 280 g/mol. The van der Waals surface area contributed by atoms with Gasteiger partial charge in [0.1, 0.15) is 11.5 Å². The lowest BCUT2D eigenvalue weighted by Crippen LogP contribution is -2.26. The molecule has 2 N–H and O–H groups in total. The molecule has 0 spiro atoms. The summed E-state index contributed by atoms with van der Waals surface area (Å²) in [6, 6.07) is 3.54. The highest BCUT2D eigenvalue weighted by Crippen LogP contribution is 2.08. The molecule has 3 aromatic rings. The Morgan fingerprint density at radius 3 is 3.18 bits per heavy atom. The van der Waals surface area contributed by atoms with Crippen LogP contribution in [0.3, 0.4) is 0 Å².